The van der Waals surface area contributed by atoms with E-state index in [2.05, 4.69) is 38.5 Å². The quantitative estimate of drug-likeness (QED) is 0.769. The van der Waals surface area contributed by atoms with Crippen LogP contribution in [0.3, 0.4) is 0 Å². The van der Waals surface area contributed by atoms with E-state index in [1.54, 1.807) is 0 Å². The van der Waals surface area contributed by atoms with Gasteiger partial charge in [0.1, 0.15) is 5.82 Å². The molecule has 0 amide bonds. The van der Waals surface area contributed by atoms with Crippen LogP contribution in [0, 0.1) is 0 Å². The Morgan fingerprint density at radius 1 is 1.53 bits per heavy atom. The van der Waals surface area contributed by atoms with Crippen molar-refractivity contribution in [3.8, 4) is 0 Å². The van der Waals surface area contributed by atoms with Gasteiger partial charge in [0.25, 0.3) is 0 Å². The number of imidazole rings is 1. The minimum absolute atomic E-state index is 0.0575. The van der Waals surface area contributed by atoms with Gasteiger partial charge in [-0.2, -0.15) is 0 Å². The van der Waals surface area contributed by atoms with Crippen LogP contribution in [0.2, 0.25) is 0 Å². The summed E-state index contributed by atoms with van der Waals surface area (Å²) in [4.78, 5) is 4.65. The Hall–Kier alpha value is -0.580. The van der Waals surface area contributed by atoms with E-state index in [0.717, 1.165) is 47.4 Å². The zero-order valence-corrected chi connectivity index (χ0v) is 13.2. The Balaban J connectivity index is 2.22. The van der Waals surface area contributed by atoms with Crippen molar-refractivity contribution in [3.63, 3.8) is 0 Å². The van der Waals surface area contributed by atoms with Gasteiger partial charge >= 0.3 is 0 Å². The Morgan fingerprint density at radius 3 is 3.05 bits per heavy atom. The maximum Gasteiger partial charge on any atom is 0.125 e. The summed E-state index contributed by atoms with van der Waals surface area (Å²) in [6.07, 6.45) is 2.17. The van der Waals surface area contributed by atoms with Crippen molar-refractivity contribution in [1.82, 2.24) is 9.55 Å². The van der Waals surface area contributed by atoms with Crippen molar-refractivity contribution in [2.24, 2.45) is 0 Å². The molecule has 3 rings (SSSR count). The molecule has 19 heavy (non-hydrogen) atoms. The topological polar surface area (TPSA) is 27.1 Å². The fraction of sp³-hybridized carbons (Fsp3) is 0.500. The van der Waals surface area contributed by atoms with Crippen LogP contribution in [0.1, 0.15) is 25.6 Å². The van der Waals surface area contributed by atoms with E-state index < -0.39 is 0 Å². The predicted octanol–water partition coefficient (Wildman–Crippen LogP) is 4.06. The fourth-order valence-electron chi connectivity index (χ4n) is 2.89. The van der Waals surface area contributed by atoms with E-state index in [1.165, 1.54) is 0 Å². The number of benzene rings is 1. The smallest absolute Gasteiger partial charge is 0.125 e. The maximum absolute atomic E-state index is 6.09. The molecule has 0 radical (unpaired) electrons. The van der Waals surface area contributed by atoms with Crippen molar-refractivity contribution >= 4 is 38.6 Å². The third-order valence-electron chi connectivity index (χ3n) is 3.76. The van der Waals surface area contributed by atoms with Gasteiger partial charge in [0.15, 0.2) is 0 Å². The molecule has 1 aromatic heterocycles. The van der Waals surface area contributed by atoms with Crippen LogP contribution >= 0.6 is 27.5 Å². The second-order valence-electron chi connectivity index (χ2n) is 5.28. The molecule has 1 saturated heterocycles. The Morgan fingerprint density at radius 2 is 2.37 bits per heavy atom. The molecule has 5 heteroatoms. The summed E-state index contributed by atoms with van der Waals surface area (Å²) < 4.78 is 9.01. The highest BCUT2D eigenvalue weighted by atomic mass is 79.9. The first-order valence-corrected chi connectivity index (χ1v) is 7.78. The van der Waals surface area contributed by atoms with Crippen LogP contribution in [-0.4, -0.2) is 22.8 Å². The molecular weight excluding hydrogens is 328 g/mol. The average molecular weight is 344 g/mol. The molecular formula is C14H16BrClN2O. The summed E-state index contributed by atoms with van der Waals surface area (Å²) in [5, 5.41) is 0. The summed E-state index contributed by atoms with van der Waals surface area (Å²) in [6, 6.07) is 6.15. The minimum Gasteiger partial charge on any atom is -0.379 e. The summed E-state index contributed by atoms with van der Waals surface area (Å²) in [6.45, 7) is 3.79. The minimum atomic E-state index is -0.0575. The molecule has 1 fully saturated rings. The van der Waals surface area contributed by atoms with Crippen LogP contribution in [0.5, 0.6) is 0 Å². The van der Waals surface area contributed by atoms with E-state index in [0.29, 0.717) is 5.88 Å². The lowest BCUT2D eigenvalue weighted by Gasteiger charge is -2.36. The first kappa shape index (κ1) is 13.4. The van der Waals surface area contributed by atoms with Crippen molar-refractivity contribution < 1.29 is 4.74 Å². The van der Waals surface area contributed by atoms with Gasteiger partial charge in [0.2, 0.25) is 0 Å². The van der Waals surface area contributed by atoms with Gasteiger partial charge < -0.3 is 9.30 Å². The van der Waals surface area contributed by atoms with Gasteiger partial charge in [-0.1, -0.05) is 15.9 Å². The van der Waals surface area contributed by atoms with Gasteiger partial charge in [-0.3, -0.25) is 0 Å². The van der Waals surface area contributed by atoms with Crippen LogP contribution in [0.25, 0.3) is 11.0 Å². The normalized spacial score (nSPS) is 23.9. The van der Waals surface area contributed by atoms with E-state index in [1.807, 2.05) is 12.1 Å². The Bertz CT molecular complexity index is 605. The molecule has 0 bridgehead atoms. The monoisotopic (exact) mass is 342 g/mol. The summed E-state index contributed by atoms with van der Waals surface area (Å²) in [7, 11) is 0. The lowest BCUT2D eigenvalue weighted by molar-refractivity contribution is 0.0104. The molecule has 0 saturated carbocycles. The molecule has 2 heterocycles. The van der Waals surface area contributed by atoms with Gasteiger partial charge in [-0.25, -0.2) is 4.98 Å². The van der Waals surface area contributed by atoms with Crippen molar-refractivity contribution in [2.45, 2.75) is 31.2 Å². The summed E-state index contributed by atoms with van der Waals surface area (Å²) in [5.74, 6) is 1.34. The lowest BCUT2D eigenvalue weighted by Crippen LogP contribution is -2.39. The predicted molar refractivity (Wildman–Crippen MR) is 80.7 cm³/mol. The molecule has 3 nitrogen and oxygen atoms in total. The Labute approximate surface area is 126 Å². The zero-order chi connectivity index (χ0) is 13.5. The zero-order valence-electron chi connectivity index (χ0n) is 10.8. The lowest BCUT2D eigenvalue weighted by atomic mass is 9.94. The van der Waals surface area contributed by atoms with Crippen molar-refractivity contribution in [1.29, 1.82) is 0 Å². The van der Waals surface area contributed by atoms with Gasteiger partial charge in [-0.15, -0.1) is 11.6 Å². The highest BCUT2D eigenvalue weighted by molar-refractivity contribution is 9.10. The summed E-state index contributed by atoms with van der Waals surface area (Å²) in [5.41, 5.74) is 2.06. The number of hydrogen-bond donors (Lipinski definition) is 0. The van der Waals surface area contributed by atoms with E-state index in [4.69, 9.17) is 16.3 Å². The third kappa shape index (κ3) is 2.30. The number of halogens is 2. The van der Waals surface area contributed by atoms with Crippen LogP contribution < -0.4 is 0 Å². The van der Waals surface area contributed by atoms with E-state index in [-0.39, 0.29) is 5.54 Å². The first-order chi connectivity index (χ1) is 9.14. The summed E-state index contributed by atoms with van der Waals surface area (Å²) >= 11 is 9.62. The number of aromatic nitrogens is 2. The second kappa shape index (κ2) is 5.08. The average Bonchev–Trinajstić information content (AvgIpc) is 2.78. The van der Waals surface area contributed by atoms with Gasteiger partial charge in [-0.05, 0) is 38.0 Å². The number of ether oxygens (including phenoxy) is 1. The number of nitrogens with zero attached hydrogens (tertiary/aromatic N) is 2. The largest absolute Gasteiger partial charge is 0.379 e. The fourth-order valence-corrected chi connectivity index (χ4v) is 3.41. The molecule has 1 atom stereocenters. The molecule has 2 aromatic rings. The second-order valence-corrected chi connectivity index (χ2v) is 6.47. The SMILES string of the molecule is CC1(n2c(CCl)nc3ccc(Br)cc32)CCCOC1. The highest BCUT2D eigenvalue weighted by Gasteiger charge is 2.33. The molecule has 1 aliphatic heterocycles. The molecule has 1 unspecified atom stereocenters. The Kier molecular flexibility index (Phi) is 3.58. The van der Waals surface area contributed by atoms with Crippen molar-refractivity contribution in [2.75, 3.05) is 13.2 Å². The number of rotatable bonds is 2. The van der Waals surface area contributed by atoms with Gasteiger partial charge in [0.05, 0.1) is 29.1 Å². The third-order valence-corrected chi connectivity index (χ3v) is 4.49. The van der Waals surface area contributed by atoms with E-state index >= 15 is 0 Å². The van der Waals surface area contributed by atoms with Gasteiger partial charge in [0, 0.05) is 11.1 Å². The highest BCUT2D eigenvalue weighted by Crippen LogP contribution is 2.33. The molecule has 1 aliphatic rings. The van der Waals surface area contributed by atoms with Crippen LogP contribution in [-0.2, 0) is 16.2 Å². The molecule has 1 aromatic carbocycles. The van der Waals surface area contributed by atoms with E-state index in [9.17, 15) is 0 Å². The molecule has 0 spiro atoms. The molecule has 0 N–H and O–H groups in total. The van der Waals surface area contributed by atoms with Crippen LogP contribution in [0.15, 0.2) is 22.7 Å². The number of alkyl halides is 1. The maximum atomic E-state index is 6.09. The number of hydrogen-bond acceptors (Lipinski definition) is 2. The molecule has 0 aliphatic carbocycles. The van der Waals surface area contributed by atoms with Crippen molar-refractivity contribution in [3.05, 3.63) is 28.5 Å². The van der Waals surface area contributed by atoms with Crippen LogP contribution in [0.4, 0.5) is 0 Å². The number of fused-ring (bicyclic) bond motifs is 1. The first-order valence-electron chi connectivity index (χ1n) is 6.45. The standard InChI is InChI=1S/C14H16BrClN2O/c1-14(5-2-6-19-9-14)18-12-7-10(15)3-4-11(12)17-13(18)8-16/h3-4,7H,2,5-6,8-9H2,1H3. The molecule has 102 valence electrons.